The van der Waals surface area contributed by atoms with Crippen LogP contribution in [-0.4, -0.2) is 39.5 Å². The van der Waals surface area contributed by atoms with Gasteiger partial charge in [-0.25, -0.2) is 9.59 Å². The molecule has 1 atom stereocenters. The highest BCUT2D eigenvalue weighted by atomic mass is 16.6. The van der Waals surface area contributed by atoms with Crippen LogP contribution in [0.3, 0.4) is 0 Å². The molecule has 0 bridgehead atoms. The summed E-state index contributed by atoms with van der Waals surface area (Å²) < 4.78 is 12.5. The first kappa shape index (κ1) is 35.2. The lowest BCUT2D eigenvalue weighted by molar-refractivity contribution is -0.121. The number of alkyl carbamates (subject to hydrolysis) is 1. The molecule has 2 aromatic carbocycles. The molecule has 0 aliphatic heterocycles. The van der Waals surface area contributed by atoms with E-state index in [1.54, 1.807) is 0 Å². The number of nitrogens with zero attached hydrogens (tertiary/aromatic N) is 2. The fraction of sp³-hybridized carbons (Fsp3) is 0.538. The summed E-state index contributed by atoms with van der Waals surface area (Å²) in [5.41, 5.74) is 3.99. The number of nitrogens with one attached hydrogen (secondary N) is 2. The molecule has 0 radical (unpaired) electrons. The van der Waals surface area contributed by atoms with Crippen LogP contribution in [0.2, 0.25) is 0 Å². The summed E-state index contributed by atoms with van der Waals surface area (Å²) in [6.45, 7) is 9.32. The van der Waals surface area contributed by atoms with E-state index in [0.717, 1.165) is 68.1 Å². The van der Waals surface area contributed by atoms with E-state index in [0.29, 0.717) is 28.9 Å². The van der Waals surface area contributed by atoms with E-state index >= 15 is 0 Å². The van der Waals surface area contributed by atoms with Crippen molar-refractivity contribution in [1.29, 1.82) is 0 Å². The van der Waals surface area contributed by atoms with Gasteiger partial charge in [0.2, 0.25) is 5.91 Å². The average Bonchev–Trinajstić information content (AvgIpc) is 3.38. The number of aromatic nitrogens is 2. The highest BCUT2D eigenvalue weighted by Gasteiger charge is 2.41. The maximum Gasteiger partial charge on any atom is 0.435 e. The van der Waals surface area contributed by atoms with E-state index in [2.05, 4.69) is 15.7 Å². The molecule has 2 fully saturated rings. The molecule has 2 aliphatic carbocycles. The minimum absolute atomic E-state index is 0.0399. The summed E-state index contributed by atoms with van der Waals surface area (Å²) >= 11 is 0. The van der Waals surface area contributed by atoms with Gasteiger partial charge in [0, 0.05) is 11.3 Å². The fourth-order valence-corrected chi connectivity index (χ4v) is 7.68. The van der Waals surface area contributed by atoms with Crippen LogP contribution in [0.1, 0.15) is 102 Å². The zero-order chi connectivity index (χ0) is 34.3. The molecule has 2 saturated carbocycles. The van der Waals surface area contributed by atoms with E-state index in [9.17, 15) is 14.4 Å². The molecule has 9 nitrogen and oxygen atoms in total. The minimum atomic E-state index is -0.712. The number of amides is 2. The van der Waals surface area contributed by atoms with E-state index in [-0.39, 0.29) is 18.4 Å². The Kier molecular flexibility index (Phi) is 11.6. The summed E-state index contributed by atoms with van der Waals surface area (Å²) in [6.07, 6.45) is 10.3. The third kappa shape index (κ3) is 9.05. The van der Waals surface area contributed by atoms with Gasteiger partial charge in [-0.05, 0) is 75.6 Å². The smallest absolute Gasteiger partial charge is 0.435 e. The molecule has 2 N–H and O–H groups in total. The van der Waals surface area contributed by atoms with Gasteiger partial charge in [0.05, 0.1) is 11.4 Å². The van der Waals surface area contributed by atoms with Crippen LogP contribution in [0, 0.1) is 31.6 Å². The molecule has 48 heavy (non-hydrogen) atoms. The van der Waals surface area contributed by atoms with Gasteiger partial charge in [-0.15, -0.1) is 0 Å². The van der Waals surface area contributed by atoms with E-state index in [1.165, 1.54) is 17.5 Å². The SMILES string of the molecule is Cc1nn(C(=O)OC(C)(C)C)c(C)c1-c1ccc(NC(=O)C(NC(=O)OCc2ccccc2)C(C2CCCCC2)C2CCCCC2)cc1. The third-order valence-corrected chi connectivity index (χ3v) is 9.84. The van der Waals surface area contributed by atoms with Gasteiger partial charge in [0.15, 0.2) is 0 Å². The summed E-state index contributed by atoms with van der Waals surface area (Å²) in [4.78, 5) is 40.3. The largest absolute Gasteiger partial charge is 0.445 e. The molecule has 3 aromatic rings. The van der Waals surface area contributed by atoms with Crippen LogP contribution in [0.5, 0.6) is 0 Å². The molecule has 0 saturated heterocycles. The second-order valence-corrected chi connectivity index (χ2v) is 14.6. The number of ether oxygens (including phenoxy) is 2. The first-order valence-electron chi connectivity index (χ1n) is 17.7. The minimum Gasteiger partial charge on any atom is -0.445 e. The Hall–Kier alpha value is -4.14. The van der Waals surface area contributed by atoms with Crippen molar-refractivity contribution in [1.82, 2.24) is 15.1 Å². The molecule has 0 spiro atoms. The molecular weight excluding hydrogens is 604 g/mol. The number of carbonyl (C=O) groups excluding carboxylic acids is 3. The van der Waals surface area contributed by atoms with E-state index < -0.39 is 23.8 Å². The zero-order valence-corrected chi connectivity index (χ0v) is 29.2. The van der Waals surface area contributed by atoms with Crippen molar-refractivity contribution in [3.8, 4) is 11.1 Å². The summed E-state index contributed by atoms with van der Waals surface area (Å²) in [7, 11) is 0. The van der Waals surface area contributed by atoms with E-state index in [4.69, 9.17) is 9.47 Å². The monoisotopic (exact) mass is 656 g/mol. The van der Waals surface area contributed by atoms with Crippen molar-refractivity contribution >= 4 is 23.8 Å². The van der Waals surface area contributed by atoms with Crippen LogP contribution < -0.4 is 10.6 Å². The normalized spacial score (nSPS) is 16.7. The summed E-state index contributed by atoms with van der Waals surface area (Å²) in [5.74, 6) is 0.576. The number of benzene rings is 2. The van der Waals surface area contributed by atoms with Crippen molar-refractivity contribution in [3.63, 3.8) is 0 Å². The van der Waals surface area contributed by atoms with Crippen molar-refractivity contribution < 1.29 is 23.9 Å². The Bertz CT molecular complexity index is 1510. The number of rotatable bonds is 9. The molecule has 1 aromatic heterocycles. The van der Waals surface area contributed by atoms with Crippen LogP contribution in [0.15, 0.2) is 54.6 Å². The van der Waals surface area contributed by atoms with Crippen LogP contribution in [0.25, 0.3) is 11.1 Å². The number of aryl methyl sites for hydroxylation is 1. The number of hydrogen-bond acceptors (Lipinski definition) is 6. The summed E-state index contributed by atoms with van der Waals surface area (Å²) in [6, 6.07) is 16.4. The summed E-state index contributed by atoms with van der Waals surface area (Å²) in [5, 5.41) is 10.6. The van der Waals surface area contributed by atoms with E-state index in [1.807, 2.05) is 89.2 Å². The van der Waals surface area contributed by atoms with Crippen LogP contribution >= 0.6 is 0 Å². The molecule has 9 heteroatoms. The van der Waals surface area contributed by atoms with Crippen LogP contribution in [-0.2, 0) is 20.9 Å². The fourth-order valence-electron chi connectivity index (χ4n) is 7.68. The Morgan fingerprint density at radius 1 is 0.854 bits per heavy atom. The topological polar surface area (TPSA) is 112 Å². The van der Waals surface area contributed by atoms with Gasteiger partial charge in [-0.2, -0.15) is 9.78 Å². The molecule has 258 valence electrons. The quantitative estimate of drug-likeness (QED) is 0.238. The third-order valence-electron chi connectivity index (χ3n) is 9.84. The van der Waals surface area contributed by atoms with Crippen molar-refractivity contribution in [3.05, 3.63) is 71.5 Å². The maximum atomic E-state index is 14.3. The Balaban J connectivity index is 1.36. The highest BCUT2D eigenvalue weighted by Crippen LogP contribution is 2.42. The molecule has 2 aliphatic rings. The predicted octanol–water partition coefficient (Wildman–Crippen LogP) is 8.96. The number of anilines is 1. The first-order chi connectivity index (χ1) is 23.0. The molecule has 5 rings (SSSR count). The van der Waals surface area contributed by atoms with Gasteiger partial charge in [-0.3, -0.25) is 4.79 Å². The van der Waals surface area contributed by atoms with Crippen molar-refractivity contribution in [2.24, 2.45) is 17.8 Å². The zero-order valence-electron chi connectivity index (χ0n) is 29.2. The Morgan fingerprint density at radius 2 is 1.44 bits per heavy atom. The standard InChI is InChI=1S/C39H52N4O5/c1-26-33(27(2)43(42-26)38(46)48-39(3,4)5)31-21-23-32(24-22-31)40-36(44)35(41-37(45)47-25-28-15-9-6-10-16-28)34(29-17-11-7-12-18-29)30-19-13-8-14-20-30/h6,9-10,15-16,21-24,29-30,34-35H,7-8,11-14,17-20,25H2,1-5H3,(H,40,44)(H,41,45). The average molecular weight is 657 g/mol. The van der Waals surface area contributed by atoms with Crippen LogP contribution in [0.4, 0.5) is 15.3 Å². The Morgan fingerprint density at radius 3 is 2.00 bits per heavy atom. The lowest BCUT2D eigenvalue weighted by atomic mass is 9.66. The van der Waals surface area contributed by atoms with Crippen molar-refractivity contribution in [2.45, 2.75) is 117 Å². The first-order valence-corrected chi connectivity index (χ1v) is 17.7. The maximum absolute atomic E-state index is 14.3. The lowest BCUT2D eigenvalue weighted by Crippen LogP contribution is -2.53. The molecule has 1 unspecified atom stereocenters. The van der Waals surface area contributed by atoms with Gasteiger partial charge in [0.25, 0.3) is 0 Å². The van der Waals surface area contributed by atoms with Gasteiger partial charge in [-0.1, -0.05) is 107 Å². The Labute approximate surface area is 285 Å². The predicted molar refractivity (Wildman–Crippen MR) is 188 cm³/mol. The lowest BCUT2D eigenvalue weighted by Gasteiger charge is -2.41. The number of carbonyl (C=O) groups is 3. The van der Waals surface area contributed by atoms with Gasteiger partial charge >= 0.3 is 12.2 Å². The number of hydrogen-bond donors (Lipinski definition) is 2. The van der Waals surface area contributed by atoms with Crippen molar-refractivity contribution in [2.75, 3.05) is 5.32 Å². The molecule has 1 heterocycles. The second-order valence-electron chi connectivity index (χ2n) is 14.6. The van der Waals surface area contributed by atoms with Gasteiger partial charge in [0.1, 0.15) is 18.2 Å². The second kappa shape index (κ2) is 15.8. The highest BCUT2D eigenvalue weighted by molar-refractivity contribution is 5.97. The molecule has 2 amide bonds. The molecular formula is C39H52N4O5. The van der Waals surface area contributed by atoms with Gasteiger partial charge < -0.3 is 20.1 Å².